The van der Waals surface area contributed by atoms with E-state index in [4.69, 9.17) is 11.6 Å². The van der Waals surface area contributed by atoms with Crippen LogP contribution in [0.5, 0.6) is 0 Å². The molecule has 0 aliphatic heterocycles. The molecule has 0 bridgehead atoms. The highest BCUT2D eigenvalue weighted by Crippen LogP contribution is 2.24. The molecule has 2 rings (SSSR count). The van der Waals surface area contributed by atoms with Crippen LogP contribution in [0.3, 0.4) is 0 Å². The molecule has 1 heterocycles. The van der Waals surface area contributed by atoms with E-state index in [0.717, 1.165) is 24.4 Å². The molecule has 0 unspecified atom stereocenters. The Morgan fingerprint density at radius 2 is 2.15 bits per heavy atom. The van der Waals surface area contributed by atoms with Gasteiger partial charge in [-0.3, -0.25) is 4.79 Å². The van der Waals surface area contributed by atoms with Crippen LogP contribution in [0.1, 0.15) is 39.0 Å². The number of pyridine rings is 1. The number of rotatable bonds is 5. The smallest absolute Gasteiger partial charge is 0.233 e. The molecule has 1 aliphatic rings. The normalized spacial score (nSPS) is 16.1. The largest absolute Gasteiger partial charge is 0.339 e. The Morgan fingerprint density at radius 1 is 1.40 bits per heavy atom. The number of nitrogens with zero attached hydrogens (tertiary/aromatic N) is 2. The lowest BCUT2D eigenvalue weighted by molar-refractivity contribution is -0.131. The summed E-state index contributed by atoms with van der Waals surface area (Å²) in [5.74, 6) is 0.681. The van der Waals surface area contributed by atoms with Gasteiger partial charge in [-0.2, -0.15) is 0 Å². The van der Waals surface area contributed by atoms with Crippen LogP contribution in [-0.4, -0.2) is 34.1 Å². The summed E-state index contributed by atoms with van der Waals surface area (Å²) in [5, 5.41) is 1.47. The van der Waals surface area contributed by atoms with E-state index in [0.29, 0.717) is 16.8 Å². The van der Waals surface area contributed by atoms with E-state index in [9.17, 15) is 4.79 Å². The number of hydrogen-bond donors (Lipinski definition) is 0. The average molecular weight is 313 g/mol. The van der Waals surface area contributed by atoms with Gasteiger partial charge in [0.2, 0.25) is 5.91 Å². The van der Waals surface area contributed by atoms with Crippen LogP contribution in [0, 0.1) is 0 Å². The molecular weight excluding hydrogens is 292 g/mol. The van der Waals surface area contributed by atoms with Gasteiger partial charge in [-0.25, -0.2) is 4.98 Å². The minimum Gasteiger partial charge on any atom is -0.339 e. The first-order valence-electron chi connectivity index (χ1n) is 7.24. The number of hydrogen-bond acceptors (Lipinski definition) is 3. The molecule has 0 N–H and O–H groups in total. The van der Waals surface area contributed by atoms with Crippen molar-refractivity contribution in [3.8, 4) is 0 Å². The zero-order valence-corrected chi connectivity index (χ0v) is 13.4. The SMILES string of the molecule is CCN(C(=O)CSc1ccc(Cl)cn1)C1CCCCC1. The lowest BCUT2D eigenvalue weighted by Gasteiger charge is -2.33. The summed E-state index contributed by atoms with van der Waals surface area (Å²) in [6.07, 6.45) is 7.74. The van der Waals surface area contributed by atoms with Gasteiger partial charge < -0.3 is 4.90 Å². The topological polar surface area (TPSA) is 33.2 Å². The molecule has 110 valence electrons. The number of carbonyl (C=O) groups excluding carboxylic acids is 1. The second kappa shape index (κ2) is 7.89. The Labute approximate surface area is 130 Å². The van der Waals surface area contributed by atoms with Gasteiger partial charge in [-0.15, -0.1) is 0 Å². The third kappa shape index (κ3) is 4.38. The minimum atomic E-state index is 0.223. The van der Waals surface area contributed by atoms with E-state index in [2.05, 4.69) is 11.9 Å². The highest BCUT2D eigenvalue weighted by atomic mass is 35.5. The van der Waals surface area contributed by atoms with Crippen molar-refractivity contribution in [2.45, 2.75) is 50.1 Å². The van der Waals surface area contributed by atoms with E-state index in [1.165, 1.54) is 31.0 Å². The first-order valence-corrected chi connectivity index (χ1v) is 8.61. The van der Waals surface area contributed by atoms with Crippen LogP contribution in [0.2, 0.25) is 5.02 Å². The molecule has 1 fully saturated rings. The molecule has 1 amide bonds. The number of thioether (sulfide) groups is 1. The Kier molecular flexibility index (Phi) is 6.17. The predicted molar refractivity (Wildman–Crippen MR) is 84.2 cm³/mol. The van der Waals surface area contributed by atoms with Crippen LogP contribution in [-0.2, 0) is 4.79 Å². The van der Waals surface area contributed by atoms with Gasteiger partial charge in [-0.1, -0.05) is 42.6 Å². The average Bonchev–Trinajstić information content (AvgIpc) is 2.48. The quantitative estimate of drug-likeness (QED) is 0.770. The van der Waals surface area contributed by atoms with Gasteiger partial charge in [0.05, 0.1) is 15.8 Å². The summed E-state index contributed by atoms with van der Waals surface area (Å²) in [5.41, 5.74) is 0. The fourth-order valence-corrected chi connectivity index (χ4v) is 3.54. The molecule has 1 aromatic rings. The van der Waals surface area contributed by atoms with Crippen molar-refractivity contribution >= 4 is 29.3 Å². The first kappa shape index (κ1) is 15.6. The van der Waals surface area contributed by atoms with E-state index < -0.39 is 0 Å². The Balaban J connectivity index is 1.87. The molecule has 0 aromatic carbocycles. The molecule has 0 atom stereocenters. The summed E-state index contributed by atoms with van der Waals surface area (Å²) in [7, 11) is 0. The summed E-state index contributed by atoms with van der Waals surface area (Å²) in [4.78, 5) is 18.6. The molecule has 20 heavy (non-hydrogen) atoms. The van der Waals surface area contributed by atoms with Crippen LogP contribution in [0.25, 0.3) is 0 Å². The van der Waals surface area contributed by atoms with Crippen molar-refractivity contribution in [3.05, 3.63) is 23.4 Å². The van der Waals surface area contributed by atoms with Crippen molar-refractivity contribution < 1.29 is 4.79 Å². The van der Waals surface area contributed by atoms with Crippen LogP contribution in [0.4, 0.5) is 0 Å². The molecule has 0 saturated heterocycles. The molecule has 0 spiro atoms. The van der Waals surface area contributed by atoms with E-state index >= 15 is 0 Å². The molecular formula is C15H21ClN2OS. The highest BCUT2D eigenvalue weighted by Gasteiger charge is 2.23. The van der Waals surface area contributed by atoms with Crippen molar-refractivity contribution in [1.29, 1.82) is 0 Å². The third-order valence-corrected chi connectivity index (χ3v) is 4.87. The summed E-state index contributed by atoms with van der Waals surface area (Å²) in [6.45, 7) is 2.87. The second-order valence-corrected chi connectivity index (χ2v) is 6.51. The van der Waals surface area contributed by atoms with E-state index in [1.54, 1.807) is 12.3 Å². The van der Waals surface area contributed by atoms with Gasteiger partial charge in [0.1, 0.15) is 0 Å². The van der Waals surface area contributed by atoms with Crippen molar-refractivity contribution in [2.75, 3.05) is 12.3 Å². The Bertz CT molecular complexity index is 432. The predicted octanol–water partition coefficient (Wildman–Crippen LogP) is 4.01. The molecule has 5 heteroatoms. The summed E-state index contributed by atoms with van der Waals surface area (Å²) in [6, 6.07) is 4.11. The van der Waals surface area contributed by atoms with Gasteiger partial charge in [-0.05, 0) is 31.9 Å². The van der Waals surface area contributed by atoms with Crippen molar-refractivity contribution in [1.82, 2.24) is 9.88 Å². The zero-order chi connectivity index (χ0) is 14.4. The zero-order valence-electron chi connectivity index (χ0n) is 11.8. The lowest BCUT2D eigenvalue weighted by Crippen LogP contribution is -2.42. The summed E-state index contributed by atoms with van der Waals surface area (Å²) < 4.78 is 0. The first-order chi connectivity index (χ1) is 9.70. The standard InChI is InChI=1S/C15H21ClN2OS/c1-2-18(13-6-4-3-5-7-13)15(19)11-20-14-9-8-12(16)10-17-14/h8-10,13H,2-7,11H2,1H3. The van der Waals surface area contributed by atoms with E-state index in [1.807, 2.05) is 11.0 Å². The van der Waals surface area contributed by atoms with Gasteiger partial charge in [0, 0.05) is 18.8 Å². The number of amides is 1. The van der Waals surface area contributed by atoms with Crippen molar-refractivity contribution in [3.63, 3.8) is 0 Å². The van der Waals surface area contributed by atoms with Crippen LogP contribution >= 0.6 is 23.4 Å². The highest BCUT2D eigenvalue weighted by molar-refractivity contribution is 7.99. The maximum atomic E-state index is 12.4. The molecule has 1 aromatic heterocycles. The van der Waals surface area contributed by atoms with Gasteiger partial charge in [0.15, 0.2) is 0 Å². The summed E-state index contributed by atoms with van der Waals surface area (Å²) >= 11 is 7.29. The monoisotopic (exact) mass is 312 g/mol. The van der Waals surface area contributed by atoms with Crippen LogP contribution < -0.4 is 0 Å². The van der Waals surface area contributed by atoms with Crippen LogP contribution in [0.15, 0.2) is 23.4 Å². The number of aromatic nitrogens is 1. The molecule has 1 saturated carbocycles. The van der Waals surface area contributed by atoms with Crippen molar-refractivity contribution in [2.24, 2.45) is 0 Å². The Hall–Kier alpha value is -0.740. The molecule has 1 aliphatic carbocycles. The third-order valence-electron chi connectivity index (χ3n) is 3.72. The van der Waals surface area contributed by atoms with Gasteiger partial charge in [0.25, 0.3) is 0 Å². The maximum absolute atomic E-state index is 12.4. The second-order valence-electron chi connectivity index (χ2n) is 5.07. The molecule has 3 nitrogen and oxygen atoms in total. The minimum absolute atomic E-state index is 0.223. The maximum Gasteiger partial charge on any atom is 0.233 e. The Morgan fingerprint density at radius 3 is 2.75 bits per heavy atom. The fourth-order valence-electron chi connectivity index (χ4n) is 2.70. The molecule has 0 radical (unpaired) electrons. The number of carbonyl (C=O) groups is 1. The van der Waals surface area contributed by atoms with Gasteiger partial charge >= 0.3 is 0 Å². The fraction of sp³-hybridized carbons (Fsp3) is 0.600. The lowest BCUT2D eigenvalue weighted by atomic mass is 9.94. The van der Waals surface area contributed by atoms with E-state index in [-0.39, 0.29) is 5.91 Å². The number of halogens is 1.